The third-order valence-electron chi connectivity index (χ3n) is 3.01. The molecule has 1 amide bonds. The molecule has 16 heavy (non-hydrogen) atoms. The quantitative estimate of drug-likeness (QED) is 0.687. The van der Waals surface area contributed by atoms with Gasteiger partial charge in [-0.25, -0.2) is 4.79 Å². The van der Waals surface area contributed by atoms with Crippen LogP contribution in [0.4, 0.5) is 4.79 Å². The first-order valence-electron chi connectivity index (χ1n) is 5.88. The van der Waals surface area contributed by atoms with Crippen molar-refractivity contribution >= 4 is 6.09 Å². The van der Waals surface area contributed by atoms with E-state index in [-0.39, 0.29) is 12.1 Å². The van der Waals surface area contributed by atoms with Crippen LogP contribution in [0.2, 0.25) is 0 Å². The van der Waals surface area contributed by atoms with Gasteiger partial charge in [0, 0.05) is 18.6 Å². The van der Waals surface area contributed by atoms with Crippen molar-refractivity contribution in [3.63, 3.8) is 0 Å². The third kappa shape index (κ3) is 3.11. The molecule has 4 nitrogen and oxygen atoms in total. The number of hydrogen-bond acceptors (Lipinski definition) is 3. The third-order valence-corrected chi connectivity index (χ3v) is 3.01. The molecule has 0 N–H and O–H groups in total. The van der Waals surface area contributed by atoms with Crippen LogP contribution in [0, 0.1) is 0 Å². The summed E-state index contributed by atoms with van der Waals surface area (Å²) in [6.45, 7) is 8.57. The van der Waals surface area contributed by atoms with Crippen molar-refractivity contribution in [2.75, 3.05) is 20.6 Å². The van der Waals surface area contributed by atoms with Crippen LogP contribution in [-0.4, -0.2) is 54.2 Å². The second-order valence-corrected chi connectivity index (χ2v) is 5.73. The van der Waals surface area contributed by atoms with E-state index < -0.39 is 5.60 Å². The van der Waals surface area contributed by atoms with Gasteiger partial charge in [0.25, 0.3) is 0 Å². The van der Waals surface area contributed by atoms with E-state index in [1.54, 1.807) is 0 Å². The van der Waals surface area contributed by atoms with Crippen LogP contribution in [0.25, 0.3) is 0 Å². The number of carbonyl (C=O) groups is 1. The first-order valence-corrected chi connectivity index (χ1v) is 5.88. The fourth-order valence-corrected chi connectivity index (χ4v) is 2.19. The van der Waals surface area contributed by atoms with Crippen molar-refractivity contribution in [3.05, 3.63) is 0 Å². The summed E-state index contributed by atoms with van der Waals surface area (Å²) in [6, 6.07) is 0.664. The molecule has 4 heteroatoms. The number of amides is 1. The number of carbonyl (C=O) groups excluding carboxylic acids is 1. The molecule has 0 aromatic heterocycles. The topological polar surface area (TPSA) is 32.8 Å². The molecule has 1 heterocycles. The van der Waals surface area contributed by atoms with Crippen molar-refractivity contribution in [2.24, 2.45) is 0 Å². The second kappa shape index (κ2) is 4.62. The van der Waals surface area contributed by atoms with Gasteiger partial charge in [-0.1, -0.05) is 0 Å². The molecule has 0 saturated carbocycles. The maximum Gasteiger partial charge on any atom is 0.410 e. The molecule has 0 radical (unpaired) electrons. The van der Waals surface area contributed by atoms with Crippen LogP contribution < -0.4 is 0 Å². The summed E-state index contributed by atoms with van der Waals surface area (Å²) >= 11 is 0. The van der Waals surface area contributed by atoms with Crippen molar-refractivity contribution in [3.8, 4) is 0 Å². The first kappa shape index (κ1) is 13.3. The smallest absolute Gasteiger partial charge is 0.410 e. The molecule has 1 fully saturated rings. The number of likely N-dealkylation sites (tertiary alicyclic amines) is 1. The van der Waals surface area contributed by atoms with Gasteiger partial charge in [0.2, 0.25) is 0 Å². The molecule has 2 atom stereocenters. The van der Waals surface area contributed by atoms with Crippen molar-refractivity contribution in [1.29, 1.82) is 0 Å². The van der Waals surface area contributed by atoms with Gasteiger partial charge in [-0.2, -0.15) is 0 Å². The fraction of sp³-hybridized carbons (Fsp3) is 0.917. The highest BCUT2D eigenvalue weighted by atomic mass is 16.6. The lowest BCUT2D eigenvalue weighted by Gasteiger charge is -2.30. The van der Waals surface area contributed by atoms with Gasteiger partial charge in [-0.05, 0) is 48.2 Å². The molecule has 0 aromatic rings. The van der Waals surface area contributed by atoms with E-state index in [2.05, 4.69) is 25.9 Å². The normalized spacial score (nSPS) is 26.3. The Bertz CT molecular complexity index is 258. The minimum atomic E-state index is -0.410. The number of nitrogens with zero attached hydrogens (tertiary/aromatic N) is 2. The predicted molar refractivity (Wildman–Crippen MR) is 64.5 cm³/mol. The minimum Gasteiger partial charge on any atom is -0.444 e. The van der Waals surface area contributed by atoms with E-state index in [0.717, 1.165) is 13.0 Å². The van der Waals surface area contributed by atoms with Gasteiger partial charge in [0.05, 0.1) is 0 Å². The highest BCUT2D eigenvalue weighted by Gasteiger charge is 2.36. The Balaban J connectivity index is 2.60. The highest BCUT2D eigenvalue weighted by Crippen LogP contribution is 2.23. The molecule has 0 aromatic carbocycles. The number of ether oxygens (including phenoxy) is 1. The fourth-order valence-electron chi connectivity index (χ4n) is 2.19. The molecule has 0 unspecified atom stereocenters. The highest BCUT2D eigenvalue weighted by molar-refractivity contribution is 5.69. The molecule has 1 aliphatic rings. The van der Waals surface area contributed by atoms with Gasteiger partial charge in [-0.3, -0.25) is 0 Å². The zero-order valence-corrected chi connectivity index (χ0v) is 11.3. The monoisotopic (exact) mass is 228 g/mol. The molecule has 1 rings (SSSR count). The van der Waals surface area contributed by atoms with E-state index in [1.165, 1.54) is 0 Å². The molecule has 0 aliphatic carbocycles. The maximum atomic E-state index is 11.9. The Hall–Kier alpha value is -0.770. The van der Waals surface area contributed by atoms with Gasteiger partial charge < -0.3 is 14.5 Å². The number of likely N-dealkylation sites (N-methyl/N-ethyl adjacent to an activating group) is 1. The Morgan fingerprint density at radius 2 is 1.94 bits per heavy atom. The summed E-state index contributed by atoms with van der Waals surface area (Å²) in [7, 11) is 4.11. The van der Waals surface area contributed by atoms with E-state index in [9.17, 15) is 4.79 Å². The van der Waals surface area contributed by atoms with Gasteiger partial charge in [-0.15, -0.1) is 0 Å². The molecule has 1 saturated heterocycles. The average molecular weight is 228 g/mol. The zero-order valence-electron chi connectivity index (χ0n) is 11.3. The zero-order chi connectivity index (χ0) is 12.5. The number of hydrogen-bond donors (Lipinski definition) is 0. The van der Waals surface area contributed by atoms with Crippen LogP contribution >= 0.6 is 0 Å². The molecule has 94 valence electrons. The van der Waals surface area contributed by atoms with E-state index >= 15 is 0 Å². The van der Waals surface area contributed by atoms with E-state index in [0.29, 0.717) is 6.04 Å². The maximum absolute atomic E-state index is 11.9. The summed E-state index contributed by atoms with van der Waals surface area (Å²) in [6.07, 6.45) is 0.831. The molecule has 0 bridgehead atoms. The largest absolute Gasteiger partial charge is 0.444 e. The van der Waals surface area contributed by atoms with Crippen LogP contribution in [0.1, 0.15) is 34.1 Å². The van der Waals surface area contributed by atoms with Gasteiger partial charge in [0.1, 0.15) is 5.60 Å². The Labute approximate surface area is 98.5 Å². The van der Waals surface area contributed by atoms with Gasteiger partial charge >= 0.3 is 6.09 Å². The first-order chi connectivity index (χ1) is 7.22. The van der Waals surface area contributed by atoms with Crippen molar-refractivity contribution < 1.29 is 9.53 Å². The molecular formula is C12H24N2O2. The Kier molecular flexibility index (Phi) is 3.84. The summed E-state index contributed by atoms with van der Waals surface area (Å²) in [5.41, 5.74) is -0.410. The van der Waals surface area contributed by atoms with Crippen molar-refractivity contribution in [2.45, 2.75) is 51.8 Å². The second-order valence-electron chi connectivity index (χ2n) is 5.73. The Morgan fingerprint density at radius 1 is 1.38 bits per heavy atom. The predicted octanol–water partition coefficient (Wildman–Crippen LogP) is 1.95. The Morgan fingerprint density at radius 3 is 2.31 bits per heavy atom. The molecule has 1 aliphatic heterocycles. The van der Waals surface area contributed by atoms with Gasteiger partial charge in [0.15, 0.2) is 0 Å². The van der Waals surface area contributed by atoms with Crippen molar-refractivity contribution in [1.82, 2.24) is 9.80 Å². The summed E-state index contributed by atoms with van der Waals surface area (Å²) in [5.74, 6) is 0. The average Bonchev–Trinajstić information content (AvgIpc) is 2.43. The molecular weight excluding hydrogens is 204 g/mol. The summed E-state index contributed by atoms with van der Waals surface area (Å²) < 4.78 is 5.39. The lowest BCUT2D eigenvalue weighted by molar-refractivity contribution is 0.0214. The lowest BCUT2D eigenvalue weighted by atomic mass is 10.1. The summed E-state index contributed by atoms with van der Waals surface area (Å²) in [4.78, 5) is 15.9. The van der Waals surface area contributed by atoms with E-state index in [4.69, 9.17) is 4.74 Å². The molecule has 0 spiro atoms. The van der Waals surface area contributed by atoms with Crippen LogP contribution in [0.3, 0.4) is 0 Å². The summed E-state index contributed by atoms with van der Waals surface area (Å²) in [5, 5.41) is 0. The van der Waals surface area contributed by atoms with Crippen LogP contribution in [-0.2, 0) is 4.74 Å². The number of rotatable bonds is 1. The minimum absolute atomic E-state index is 0.190. The SMILES string of the molecule is C[C@H]1[C@@H](N(C)C)CCN1C(=O)OC(C)(C)C. The lowest BCUT2D eigenvalue weighted by Crippen LogP contribution is -2.44. The standard InChI is InChI=1S/C12H24N2O2/c1-9-10(13(5)6)7-8-14(9)11(15)16-12(2,3)4/h9-10H,7-8H2,1-6H3/t9-,10-/m0/s1. The van der Waals surface area contributed by atoms with E-state index in [1.807, 2.05) is 25.7 Å². The van der Waals surface area contributed by atoms with Crippen LogP contribution in [0.5, 0.6) is 0 Å². The van der Waals surface area contributed by atoms with Crippen LogP contribution in [0.15, 0.2) is 0 Å².